The zero-order valence-corrected chi connectivity index (χ0v) is 12.1. The van der Waals surface area contributed by atoms with Crippen molar-refractivity contribution in [1.29, 1.82) is 0 Å². The lowest BCUT2D eigenvalue weighted by atomic mass is 9.92. The number of nitrogens with zero attached hydrogens (tertiary/aromatic N) is 2. The van der Waals surface area contributed by atoms with Crippen molar-refractivity contribution >= 4 is 5.91 Å². The minimum atomic E-state index is 0.263. The maximum absolute atomic E-state index is 12.2. The quantitative estimate of drug-likeness (QED) is 0.844. The summed E-state index contributed by atoms with van der Waals surface area (Å²) in [6, 6.07) is 1.93. The molecule has 5 heteroatoms. The Morgan fingerprint density at radius 3 is 3.05 bits per heavy atom. The molecule has 20 heavy (non-hydrogen) atoms. The first-order chi connectivity index (χ1) is 9.70. The Bertz CT molecular complexity index is 450. The van der Waals surface area contributed by atoms with E-state index < -0.39 is 0 Å². The molecule has 2 heterocycles. The first-order valence-electron chi connectivity index (χ1n) is 7.65. The standard InChI is InChI=1S/C15H24N4O/c1-12(11-19-8-2-5-18-19)10-17-14(20)13-9-15(13)3-6-16-7-4-15/h2,5,8,12-13,16H,3-4,6-7,9-11H2,1H3,(H,17,20). The van der Waals surface area contributed by atoms with Crippen LogP contribution < -0.4 is 10.6 Å². The van der Waals surface area contributed by atoms with E-state index in [2.05, 4.69) is 22.7 Å². The van der Waals surface area contributed by atoms with Gasteiger partial charge in [-0.1, -0.05) is 6.92 Å². The summed E-state index contributed by atoms with van der Waals surface area (Å²) in [5, 5.41) is 10.7. The average molecular weight is 276 g/mol. The van der Waals surface area contributed by atoms with Crippen molar-refractivity contribution in [3.8, 4) is 0 Å². The van der Waals surface area contributed by atoms with Gasteiger partial charge in [0.25, 0.3) is 0 Å². The van der Waals surface area contributed by atoms with E-state index in [-0.39, 0.29) is 11.8 Å². The molecule has 2 N–H and O–H groups in total. The minimum absolute atomic E-state index is 0.263. The number of hydrogen-bond donors (Lipinski definition) is 2. The number of aromatic nitrogens is 2. The van der Waals surface area contributed by atoms with Gasteiger partial charge in [-0.3, -0.25) is 9.48 Å². The first kappa shape index (κ1) is 13.6. The minimum Gasteiger partial charge on any atom is -0.356 e. The monoisotopic (exact) mass is 276 g/mol. The van der Waals surface area contributed by atoms with Gasteiger partial charge in [0.2, 0.25) is 5.91 Å². The fourth-order valence-electron chi connectivity index (χ4n) is 3.39. The number of hydrogen-bond acceptors (Lipinski definition) is 3. The van der Waals surface area contributed by atoms with Gasteiger partial charge < -0.3 is 10.6 Å². The Kier molecular flexibility index (Phi) is 3.78. The number of amides is 1. The van der Waals surface area contributed by atoms with E-state index in [1.165, 1.54) is 0 Å². The molecule has 0 radical (unpaired) electrons. The van der Waals surface area contributed by atoms with Crippen LogP contribution >= 0.6 is 0 Å². The van der Waals surface area contributed by atoms with Gasteiger partial charge in [0, 0.05) is 31.4 Å². The fraction of sp³-hybridized carbons (Fsp3) is 0.733. The van der Waals surface area contributed by atoms with Crippen LogP contribution in [-0.2, 0) is 11.3 Å². The molecular formula is C15H24N4O. The topological polar surface area (TPSA) is 59.0 Å². The third-order valence-electron chi connectivity index (χ3n) is 4.79. The van der Waals surface area contributed by atoms with E-state index >= 15 is 0 Å². The summed E-state index contributed by atoms with van der Waals surface area (Å²) < 4.78 is 1.92. The van der Waals surface area contributed by atoms with Gasteiger partial charge in [-0.25, -0.2) is 0 Å². The van der Waals surface area contributed by atoms with E-state index in [9.17, 15) is 4.79 Å². The molecule has 0 bridgehead atoms. The SMILES string of the molecule is CC(CNC(=O)C1CC12CCNCC2)Cn1cccn1. The summed E-state index contributed by atoms with van der Waals surface area (Å²) in [5.41, 5.74) is 0.334. The van der Waals surface area contributed by atoms with Crippen molar-refractivity contribution < 1.29 is 4.79 Å². The molecule has 1 saturated heterocycles. The molecule has 2 aliphatic rings. The Morgan fingerprint density at radius 2 is 2.35 bits per heavy atom. The van der Waals surface area contributed by atoms with Gasteiger partial charge in [-0.2, -0.15) is 5.10 Å². The molecule has 1 amide bonds. The summed E-state index contributed by atoms with van der Waals surface area (Å²) >= 11 is 0. The third-order valence-corrected chi connectivity index (χ3v) is 4.79. The lowest BCUT2D eigenvalue weighted by Gasteiger charge is -2.23. The largest absolute Gasteiger partial charge is 0.356 e. The van der Waals surface area contributed by atoms with Crippen molar-refractivity contribution in [2.75, 3.05) is 19.6 Å². The number of carbonyl (C=O) groups excluding carboxylic acids is 1. The van der Waals surface area contributed by atoms with Crippen molar-refractivity contribution in [3.63, 3.8) is 0 Å². The molecule has 1 aromatic rings. The Balaban J connectivity index is 1.41. The van der Waals surface area contributed by atoms with Crippen LogP contribution in [0.3, 0.4) is 0 Å². The second-order valence-electron chi connectivity index (χ2n) is 6.45. The molecule has 1 aliphatic carbocycles. The highest BCUT2D eigenvalue weighted by molar-refractivity contribution is 5.82. The van der Waals surface area contributed by atoms with Gasteiger partial charge in [-0.05, 0) is 49.8 Å². The highest BCUT2D eigenvalue weighted by atomic mass is 16.2. The smallest absolute Gasteiger partial charge is 0.223 e. The van der Waals surface area contributed by atoms with E-state index in [1.807, 2.05) is 16.9 Å². The number of carbonyl (C=O) groups is 1. The lowest BCUT2D eigenvalue weighted by molar-refractivity contribution is -0.123. The van der Waals surface area contributed by atoms with E-state index in [0.29, 0.717) is 11.3 Å². The van der Waals surface area contributed by atoms with Gasteiger partial charge >= 0.3 is 0 Å². The molecule has 0 aromatic carbocycles. The second kappa shape index (κ2) is 5.56. The molecule has 110 valence electrons. The summed E-state index contributed by atoms with van der Waals surface area (Å²) in [7, 11) is 0. The maximum atomic E-state index is 12.2. The molecule has 2 unspecified atom stereocenters. The molecule has 3 rings (SSSR count). The van der Waals surface area contributed by atoms with Gasteiger partial charge in [-0.15, -0.1) is 0 Å². The van der Waals surface area contributed by atoms with Crippen LogP contribution in [0.1, 0.15) is 26.2 Å². The van der Waals surface area contributed by atoms with Crippen LogP contribution in [0.5, 0.6) is 0 Å². The lowest BCUT2D eigenvalue weighted by Crippen LogP contribution is -2.35. The van der Waals surface area contributed by atoms with Crippen LogP contribution in [0.25, 0.3) is 0 Å². The summed E-state index contributed by atoms with van der Waals surface area (Å²) in [5.74, 6) is 0.933. The molecule has 1 saturated carbocycles. The normalized spacial score (nSPS) is 25.4. The number of nitrogens with one attached hydrogen (secondary N) is 2. The highest BCUT2D eigenvalue weighted by Gasteiger charge is 2.57. The zero-order chi connectivity index (χ0) is 14.0. The van der Waals surface area contributed by atoms with Crippen LogP contribution in [-0.4, -0.2) is 35.3 Å². The summed E-state index contributed by atoms with van der Waals surface area (Å²) in [6.07, 6.45) is 7.16. The molecular weight excluding hydrogens is 252 g/mol. The van der Waals surface area contributed by atoms with Crippen LogP contribution in [0.4, 0.5) is 0 Å². The predicted octanol–water partition coefficient (Wildman–Crippen LogP) is 1.03. The summed E-state index contributed by atoms with van der Waals surface area (Å²) in [4.78, 5) is 12.2. The van der Waals surface area contributed by atoms with Crippen molar-refractivity contribution in [2.45, 2.75) is 32.7 Å². The summed E-state index contributed by atoms with van der Waals surface area (Å²) in [6.45, 7) is 5.88. The van der Waals surface area contributed by atoms with Gasteiger partial charge in [0.05, 0.1) is 0 Å². The van der Waals surface area contributed by atoms with E-state index in [0.717, 1.165) is 45.4 Å². The molecule has 1 spiro atoms. The molecule has 1 aromatic heterocycles. The highest BCUT2D eigenvalue weighted by Crippen LogP contribution is 2.58. The molecule has 5 nitrogen and oxygen atoms in total. The Morgan fingerprint density at radius 1 is 1.55 bits per heavy atom. The average Bonchev–Trinajstić information content (AvgIpc) is 2.90. The van der Waals surface area contributed by atoms with Crippen LogP contribution in [0.2, 0.25) is 0 Å². The molecule has 1 aliphatic heterocycles. The number of piperidine rings is 1. The third kappa shape index (κ3) is 2.87. The molecule has 2 atom stereocenters. The van der Waals surface area contributed by atoms with Crippen molar-refractivity contribution in [3.05, 3.63) is 18.5 Å². The fourth-order valence-corrected chi connectivity index (χ4v) is 3.39. The maximum Gasteiger partial charge on any atom is 0.223 e. The van der Waals surface area contributed by atoms with Crippen molar-refractivity contribution in [2.24, 2.45) is 17.3 Å². The predicted molar refractivity (Wildman–Crippen MR) is 77.0 cm³/mol. The van der Waals surface area contributed by atoms with Gasteiger partial charge in [0.1, 0.15) is 0 Å². The second-order valence-corrected chi connectivity index (χ2v) is 6.45. The number of rotatable bonds is 5. The van der Waals surface area contributed by atoms with E-state index in [4.69, 9.17) is 0 Å². The first-order valence-corrected chi connectivity index (χ1v) is 7.65. The van der Waals surface area contributed by atoms with Crippen LogP contribution in [0.15, 0.2) is 18.5 Å². The van der Waals surface area contributed by atoms with Crippen molar-refractivity contribution in [1.82, 2.24) is 20.4 Å². The van der Waals surface area contributed by atoms with E-state index in [1.54, 1.807) is 6.20 Å². The Labute approximate surface area is 120 Å². The zero-order valence-electron chi connectivity index (χ0n) is 12.1. The molecule has 2 fully saturated rings. The van der Waals surface area contributed by atoms with Gasteiger partial charge in [0.15, 0.2) is 0 Å². The van der Waals surface area contributed by atoms with Crippen LogP contribution in [0, 0.1) is 17.3 Å². The Hall–Kier alpha value is -1.36.